The second-order valence-corrected chi connectivity index (χ2v) is 7.54. The number of likely N-dealkylation sites (tertiary alicyclic amines) is 1. The zero-order chi connectivity index (χ0) is 17.4. The number of fused-ring (bicyclic) bond motifs is 1. The van der Waals surface area contributed by atoms with E-state index in [0.29, 0.717) is 0 Å². The Morgan fingerprint density at radius 2 is 1.80 bits per heavy atom. The van der Waals surface area contributed by atoms with Crippen LogP contribution in [0.3, 0.4) is 0 Å². The SMILES string of the molecule is Cc1ccc(-c2ccc3oc(CCN4CCCC4C)cc3c2)cc1C. The lowest BCUT2D eigenvalue weighted by molar-refractivity contribution is 0.266. The fourth-order valence-corrected chi connectivity index (χ4v) is 3.90. The summed E-state index contributed by atoms with van der Waals surface area (Å²) >= 11 is 0. The van der Waals surface area contributed by atoms with Crippen molar-refractivity contribution in [2.75, 3.05) is 13.1 Å². The lowest BCUT2D eigenvalue weighted by Gasteiger charge is -2.19. The molecular weight excluding hydrogens is 306 g/mol. The van der Waals surface area contributed by atoms with Crippen LogP contribution in [0.15, 0.2) is 46.9 Å². The fraction of sp³-hybridized carbons (Fsp3) is 0.391. The number of nitrogens with zero attached hydrogens (tertiary/aromatic N) is 1. The van der Waals surface area contributed by atoms with E-state index in [9.17, 15) is 0 Å². The van der Waals surface area contributed by atoms with E-state index in [0.717, 1.165) is 30.4 Å². The second-order valence-electron chi connectivity index (χ2n) is 7.54. The van der Waals surface area contributed by atoms with Crippen LogP contribution < -0.4 is 0 Å². The van der Waals surface area contributed by atoms with E-state index in [1.54, 1.807) is 0 Å². The van der Waals surface area contributed by atoms with Gasteiger partial charge in [-0.3, -0.25) is 0 Å². The summed E-state index contributed by atoms with van der Waals surface area (Å²) in [7, 11) is 0. The van der Waals surface area contributed by atoms with Crippen LogP contribution in [0.1, 0.15) is 36.7 Å². The van der Waals surface area contributed by atoms with Crippen molar-refractivity contribution in [3.8, 4) is 11.1 Å². The van der Waals surface area contributed by atoms with Crippen molar-refractivity contribution in [2.24, 2.45) is 0 Å². The number of furan rings is 1. The number of rotatable bonds is 4. The highest BCUT2D eigenvalue weighted by Gasteiger charge is 2.20. The highest BCUT2D eigenvalue weighted by atomic mass is 16.3. The minimum absolute atomic E-state index is 0.723. The molecule has 1 fully saturated rings. The first kappa shape index (κ1) is 16.4. The van der Waals surface area contributed by atoms with E-state index in [-0.39, 0.29) is 0 Å². The molecule has 1 atom stereocenters. The van der Waals surface area contributed by atoms with E-state index >= 15 is 0 Å². The second kappa shape index (κ2) is 6.68. The summed E-state index contributed by atoms with van der Waals surface area (Å²) in [5.74, 6) is 1.10. The van der Waals surface area contributed by atoms with Crippen molar-refractivity contribution in [3.05, 3.63) is 59.4 Å². The van der Waals surface area contributed by atoms with Crippen molar-refractivity contribution in [3.63, 3.8) is 0 Å². The molecule has 0 radical (unpaired) electrons. The van der Waals surface area contributed by atoms with Gasteiger partial charge in [-0.05, 0) is 80.6 Å². The van der Waals surface area contributed by atoms with Crippen LogP contribution in [0.5, 0.6) is 0 Å². The first-order valence-corrected chi connectivity index (χ1v) is 9.44. The molecule has 2 nitrogen and oxygen atoms in total. The first-order chi connectivity index (χ1) is 12.1. The predicted molar refractivity (Wildman–Crippen MR) is 105 cm³/mol. The third-order valence-electron chi connectivity index (χ3n) is 5.74. The molecule has 1 aliphatic rings. The molecule has 0 spiro atoms. The van der Waals surface area contributed by atoms with E-state index in [1.165, 1.54) is 47.0 Å². The Labute approximate surface area is 150 Å². The molecule has 0 N–H and O–H groups in total. The van der Waals surface area contributed by atoms with Gasteiger partial charge >= 0.3 is 0 Å². The van der Waals surface area contributed by atoms with Crippen LogP contribution in [-0.4, -0.2) is 24.0 Å². The molecule has 2 heterocycles. The molecule has 1 aliphatic heterocycles. The molecule has 130 valence electrons. The molecule has 0 bridgehead atoms. The summed E-state index contributed by atoms with van der Waals surface area (Å²) in [5, 5.41) is 1.21. The topological polar surface area (TPSA) is 16.4 Å². The van der Waals surface area contributed by atoms with Crippen LogP contribution >= 0.6 is 0 Å². The zero-order valence-corrected chi connectivity index (χ0v) is 15.5. The van der Waals surface area contributed by atoms with Gasteiger partial charge < -0.3 is 9.32 Å². The van der Waals surface area contributed by atoms with Gasteiger partial charge in [-0.25, -0.2) is 0 Å². The Morgan fingerprint density at radius 3 is 2.56 bits per heavy atom. The minimum atomic E-state index is 0.723. The maximum Gasteiger partial charge on any atom is 0.134 e. The summed E-state index contributed by atoms with van der Waals surface area (Å²) in [4.78, 5) is 2.58. The van der Waals surface area contributed by atoms with Crippen molar-refractivity contribution < 1.29 is 4.42 Å². The van der Waals surface area contributed by atoms with Gasteiger partial charge in [0.1, 0.15) is 11.3 Å². The van der Waals surface area contributed by atoms with Gasteiger partial charge in [0.2, 0.25) is 0 Å². The van der Waals surface area contributed by atoms with Crippen molar-refractivity contribution in [2.45, 2.75) is 46.1 Å². The van der Waals surface area contributed by atoms with Gasteiger partial charge in [-0.15, -0.1) is 0 Å². The highest BCUT2D eigenvalue weighted by molar-refractivity contribution is 5.84. The monoisotopic (exact) mass is 333 g/mol. The average Bonchev–Trinajstić information content (AvgIpc) is 3.20. The van der Waals surface area contributed by atoms with E-state index in [2.05, 4.69) is 68.1 Å². The molecule has 0 saturated carbocycles. The smallest absolute Gasteiger partial charge is 0.134 e. The lowest BCUT2D eigenvalue weighted by atomic mass is 10.00. The van der Waals surface area contributed by atoms with Crippen molar-refractivity contribution >= 4 is 11.0 Å². The molecule has 2 heteroatoms. The number of benzene rings is 2. The molecule has 0 aliphatic carbocycles. The molecule has 0 amide bonds. The predicted octanol–water partition coefficient (Wildman–Crippen LogP) is 5.74. The van der Waals surface area contributed by atoms with E-state index in [4.69, 9.17) is 4.42 Å². The van der Waals surface area contributed by atoms with E-state index < -0.39 is 0 Å². The Morgan fingerprint density at radius 1 is 1.00 bits per heavy atom. The summed E-state index contributed by atoms with van der Waals surface area (Å²) < 4.78 is 6.07. The van der Waals surface area contributed by atoms with Crippen molar-refractivity contribution in [1.29, 1.82) is 0 Å². The Kier molecular flexibility index (Phi) is 4.39. The Hall–Kier alpha value is -2.06. The van der Waals surface area contributed by atoms with Gasteiger partial charge in [-0.1, -0.05) is 24.3 Å². The maximum absolute atomic E-state index is 6.07. The van der Waals surface area contributed by atoms with Crippen LogP contribution in [0, 0.1) is 13.8 Å². The quantitative estimate of drug-likeness (QED) is 0.605. The molecule has 2 aromatic carbocycles. The van der Waals surface area contributed by atoms with Crippen LogP contribution in [0.4, 0.5) is 0 Å². The maximum atomic E-state index is 6.07. The Bertz CT molecular complexity index is 892. The number of hydrogen-bond donors (Lipinski definition) is 0. The van der Waals surface area contributed by atoms with Gasteiger partial charge in [0.05, 0.1) is 0 Å². The molecule has 1 saturated heterocycles. The van der Waals surface area contributed by atoms with Gasteiger partial charge in [-0.2, -0.15) is 0 Å². The van der Waals surface area contributed by atoms with Crippen LogP contribution in [0.25, 0.3) is 22.1 Å². The average molecular weight is 333 g/mol. The summed E-state index contributed by atoms with van der Waals surface area (Å²) in [6.45, 7) is 9.00. The summed E-state index contributed by atoms with van der Waals surface area (Å²) in [6, 6.07) is 16.2. The van der Waals surface area contributed by atoms with E-state index in [1.807, 2.05) is 0 Å². The number of aryl methyl sites for hydroxylation is 2. The normalized spacial score (nSPS) is 18.3. The molecule has 4 rings (SSSR count). The Balaban J connectivity index is 1.55. The van der Waals surface area contributed by atoms with Crippen molar-refractivity contribution in [1.82, 2.24) is 4.90 Å². The van der Waals surface area contributed by atoms with Gasteiger partial charge in [0.25, 0.3) is 0 Å². The van der Waals surface area contributed by atoms with Crippen LogP contribution in [-0.2, 0) is 6.42 Å². The lowest BCUT2D eigenvalue weighted by Crippen LogP contribution is -2.28. The highest BCUT2D eigenvalue weighted by Crippen LogP contribution is 2.28. The molecule has 1 aromatic heterocycles. The molecular formula is C23H27NO. The standard InChI is InChI=1S/C23H27NO/c1-16-6-7-19(13-17(16)2)20-8-9-23-21(14-20)15-22(25-23)10-12-24-11-4-5-18(24)3/h6-9,13-15,18H,4-5,10-12H2,1-3H3. The molecule has 1 unspecified atom stereocenters. The first-order valence-electron chi connectivity index (χ1n) is 9.44. The summed E-state index contributed by atoms with van der Waals surface area (Å²) in [6.07, 6.45) is 3.66. The molecule has 25 heavy (non-hydrogen) atoms. The van der Waals surface area contributed by atoms with Gasteiger partial charge in [0.15, 0.2) is 0 Å². The largest absolute Gasteiger partial charge is 0.461 e. The summed E-state index contributed by atoms with van der Waals surface area (Å²) in [5.41, 5.74) is 6.21. The van der Waals surface area contributed by atoms with Gasteiger partial charge in [0, 0.05) is 24.4 Å². The fourth-order valence-electron chi connectivity index (χ4n) is 3.90. The third kappa shape index (κ3) is 3.36. The third-order valence-corrected chi connectivity index (χ3v) is 5.74. The minimum Gasteiger partial charge on any atom is -0.461 e. The molecule has 3 aromatic rings. The number of hydrogen-bond acceptors (Lipinski definition) is 2. The van der Waals surface area contributed by atoms with Crippen LogP contribution in [0.2, 0.25) is 0 Å². The zero-order valence-electron chi connectivity index (χ0n) is 15.5.